The average Bonchev–Trinajstić information content (AvgIpc) is 4.05. The second-order valence-electron chi connectivity index (χ2n) is 15.9. The van der Waals surface area contributed by atoms with Crippen LogP contribution in [-0.4, -0.2) is 0 Å². The van der Waals surface area contributed by atoms with Crippen molar-refractivity contribution in [2.24, 2.45) is 0 Å². The molecule has 0 fully saturated rings. The fourth-order valence-corrected chi connectivity index (χ4v) is 12.8. The number of thiophene rings is 2. The molecule has 0 radical (unpaired) electrons. The Morgan fingerprint density at radius 3 is 1.72 bits per heavy atom. The lowest BCUT2D eigenvalue weighted by atomic mass is 9.68. The monoisotopic (exact) mass is 797 g/mol. The van der Waals surface area contributed by atoms with Crippen LogP contribution in [0.15, 0.2) is 212 Å². The zero-order valence-electron chi connectivity index (χ0n) is 32.5. The predicted octanol–water partition coefficient (Wildman–Crippen LogP) is 16.4. The molecule has 0 amide bonds. The van der Waals surface area contributed by atoms with E-state index in [1.807, 2.05) is 22.7 Å². The summed E-state index contributed by atoms with van der Waals surface area (Å²) in [5.74, 6) is 0. The first kappa shape index (κ1) is 33.9. The van der Waals surface area contributed by atoms with Gasteiger partial charge in [-0.2, -0.15) is 0 Å². The first-order valence-electron chi connectivity index (χ1n) is 20.6. The van der Waals surface area contributed by atoms with Crippen LogP contribution in [0, 0.1) is 0 Å². The number of hydrogen-bond donors (Lipinski definition) is 0. The molecule has 1 nitrogen and oxygen atoms in total. The molecule has 1 unspecified atom stereocenters. The van der Waals surface area contributed by atoms with E-state index < -0.39 is 5.41 Å². The summed E-state index contributed by atoms with van der Waals surface area (Å²) >= 11 is 3.80. The van der Waals surface area contributed by atoms with E-state index in [-0.39, 0.29) is 0 Å². The number of benzene rings is 9. The van der Waals surface area contributed by atoms with Gasteiger partial charge in [0.05, 0.1) is 5.41 Å². The Balaban J connectivity index is 1.04. The SMILES string of the molecule is c1ccc(-c2ccc(N(c3cccc(-c4cccc5c4C4(c6ccccc6-5)c5ccccc5-c5sc6ccccc6c54)c3)c3ccc4sc5ccccc5c4c3)cc2)cc1. The van der Waals surface area contributed by atoms with Gasteiger partial charge in [0.2, 0.25) is 0 Å². The summed E-state index contributed by atoms with van der Waals surface area (Å²) in [7, 11) is 0. The lowest BCUT2D eigenvalue weighted by Gasteiger charge is -2.32. The molecule has 2 aromatic heterocycles. The fraction of sp³-hybridized carbons (Fsp3) is 0.0175. The van der Waals surface area contributed by atoms with Crippen molar-refractivity contribution in [3.05, 3.63) is 235 Å². The summed E-state index contributed by atoms with van der Waals surface area (Å²) < 4.78 is 3.95. The van der Waals surface area contributed by atoms with Gasteiger partial charge in [0.1, 0.15) is 0 Å². The number of hydrogen-bond acceptors (Lipinski definition) is 3. The molecule has 0 saturated carbocycles. The second kappa shape index (κ2) is 13.0. The summed E-state index contributed by atoms with van der Waals surface area (Å²) in [4.78, 5) is 3.83. The Morgan fingerprint density at radius 1 is 0.317 bits per heavy atom. The molecule has 280 valence electrons. The lowest BCUT2D eigenvalue weighted by Crippen LogP contribution is -2.26. The summed E-state index contributed by atoms with van der Waals surface area (Å²) in [6, 6.07) is 79.1. The highest BCUT2D eigenvalue weighted by molar-refractivity contribution is 7.25. The smallest absolute Gasteiger partial charge is 0.0746 e. The molecule has 1 spiro atoms. The standard InChI is InChI=1S/C57H35NS2/c1-2-14-36(15-3-1)37-28-30-39(31-29-37)58(41-32-33-53-48(35-41)44-19-6-10-26-51(44)59-53)40-17-12-16-38(34-40)42-22-13-23-45-43-18-4-8-24-49(43)57(54(42)45)50-25-9-5-20-46(50)56-55(57)47-21-7-11-27-52(47)60-56/h1-35H. The van der Waals surface area contributed by atoms with Crippen LogP contribution in [-0.2, 0) is 5.41 Å². The minimum Gasteiger partial charge on any atom is -0.310 e. The Labute approximate surface area is 356 Å². The molecule has 9 aromatic carbocycles. The minimum atomic E-state index is -0.456. The number of rotatable bonds is 5. The van der Waals surface area contributed by atoms with Crippen LogP contribution in [0.25, 0.3) is 74.1 Å². The molecule has 2 aliphatic rings. The number of anilines is 3. The normalized spacial score (nSPS) is 14.7. The van der Waals surface area contributed by atoms with Gasteiger partial charge < -0.3 is 4.90 Å². The summed E-state index contributed by atoms with van der Waals surface area (Å²) in [6.45, 7) is 0. The quantitative estimate of drug-likeness (QED) is 0.168. The van der Waals surface area contributed by atoms with Crippen LogP contribution in [0.4, 0.5) is 17.1 Å². The van der Waals surface area contributed by atoms with Crippen molar-refractivity contribution in [3.8, 4) is 43.8 Å². The molecule has 0 N–H and O–H groups in total. The highest BCUT2D eigenvalue weighted by Gasteiger charge is 2.54. The molecular formula is C57H35NS2. The van der Waals surface area contributed by atoms with Crippen LogP contribution < -0.4 is 4.90 Å². The van der Waals surface area contributed by atoms with E-state index in [0.29, 0.717) is 0 Å². The van der Waals surface area contributed by atoms with Gasteiger partial charge in [-0.3, -0.25) is 0 Å². The fourth-order valence-electron chi connectivity index (χ4n) is 10.4. The number of fused-ring (bicyclic) bond motifs is 15. The van der Waals surface area contributed by atoms with Gasteiger partial charge in [0.25, 0.3) is 0 Å². The van der Waals surface area contributed by atoms with Crippen LogP contribution in [0.1, 0.15) is 22.3 Å². The van der Waals surface area contributed by atoms with Crippen molar-refractivity contribution >= 4 is 70.0 Å². The van der Waals surface area contributed by atoms with Crippen LogP contribution in [0.3, 0.4) is 0 Å². The maximum Gasteiger partial charge on any atom is 0.0746 e. The first-order valence-corrected chi connectivity index (χ1v) is 22.2. The third kappa shape index (κ3) is 4.73. The van der Waals surface area contributed by atoms with Crippen molar-refractivity contribution in [2.45, 2.75) is 5.41 Å². The second-order valence-corrected chi connectivity index (χ2v) is 18.1. The van der Waals surface area contributed by atoms with Crippen LogP contribution in [0.5, 0.6) is 0 Å². The van der Waals surface area contributed by atoms with Crippen molar-refractivity contribution < 1.29 is 0 Å². The van der Waals surface area contributed by atoms with Gasteiger partial charge in [0.15, 0.2) is 0 Å². The van der Waals surface area contributed by atoms with Crippen molar-refractivity contribution in [2.75, 3.05) is 4.90 Å². The van der Waals surface area contributed by atoms with Gasteiger partial charge in [-0.15, -0.1) is 22.7 Å². The van der Waals surface area contributed by atoms with Crippen LogP contribution in [0.2, 0.25) is 0 Å². The summed E-state index contributed by atoms with van der Waals surface area (Å²) in [5, 5.41) is 3.94. The third-order valence-electron chi connectivity index (χ3n) is 12.9. The maximum absolute atomic E-state index is 2.44. The molecule has 2 aliphatic carbocycles. The molecule has 0 aliphatic heterocycles. The maximum atomic E-state index is 2.44. The summed E-state index contributed by atoms with van der Waals surface area (Å²) in [6.07, 6.45) is 0. The van der Waals surface area contributed by atoms with Gasteiger partial charge in [-0.1, -0.05) is 158 Å². The third-order valence-corrected chi connectivity index (χ3v) is 15.2. The van der Waals surface area contributed by atoms with E-state index in [1.165, 1.54) is 96.3 Å². The predicted molar refractivity (Wildman–Crippen MR) is 257 cm³/mol. The van der Waals surface area contributed by atoms with E-state index in [0.717, 1.165) is 17.1 Å². The van der Waals surface area contributed by atoms with Gasteiger partial charge >= 0.3 is 0 Å². The van der Waals surface area contributed by atoms with E-state index >= 15 is 0 Å². The largest absolute Gasteiger partial charge is 0.310 e. The lowest BCUT2D eigenvalue weighted by molar-refractivity contribution is 0.804. The van der Waals surface area contributed by atoms with Gasteiger partial charge in [0, 0.05) is 46.8 Å². The molecule has 0 saturated heterocycles. The topological polar surface area (TPSA) is 3.24 Å². The highest BCUT2D eigenvalue weighted by Crippen LogP contribution is 2.67. The van der Waals surface area contributed by atoms with Crippen LogP contribution >= 0.6 is 22.7 Å². The van der Waals surface area contributed by atoms with Crippen molar-refractivity contribution in [1.82, 2.24) is 0 Å². The number of nitrogens with zero attached hydrogens (tertiary/aromatic N) is 1. The van der Waals surface area contributed by atoms with E-state index in [1.54, 1.807) is 0 Å². The molecule has 60 heavy (non-hydrogen) atoms. The average molecular weight is 798 g/mol. The first-order chi connectivity index (χ1) is 29.8. The molecule has 3 heteroatoms. The Bertz CT molecular complexity index is 3500. The highest BCUT2D eigenvalue weighted by atomic mass is 32.1. The molecule has 1 atom stereocenters. The van der Waals surface area contributed by atoms with E-state index in [2.05, 4.69) is 217 Å². The summed E-state index contributed by atoms with van der Waals surface area (Å²) in [5.41, 5.74) is 17.3. The zero-order valence-corrected chi connectivity index (χ0v) is 34.1. The zero-order chi connectivity index (χ0) is 39.4. The van der Waals surface area contributed by atoms with E-state index in [4.69, 9.17) is 0 Å². The Morgan fingerprint density at radius 2 is 0.883 bits per heavy atom. The van der Waals surface area contributed by atoms with Crippen molar-refractivity contribution in [1.29, 1.82) is 0 Å². The molecular weight excluding hydrogens is 763 g/mol. The van der Waals surface area contributed by atoms with Crippen molar-refractivity contribution in [3.63, 3.8) is 0 Å². The molecule has 0 bridgehead atoms. The Kier molecular flexibility index (Phi) is 7.33. The van der Waals surface area contributed by atoms with Gasteiger partial charge in [-0.25, -0.2) is 0 Å². The minimum absolute atomic E-state index is 0.456. The van der Waals surface area contributed by atoms with Gasteiger partial charge in [-0.05, 0) is 121 Å². The molecule has 11 aromatic rings. The Hall–Kier alpha value is -7.04. The molecule has 13 rings (SSSR count). The molecule has 2 heterocycles. The van der Waals surface area contributed by atoms with E-state index in [9.17, 15) is 0 Å².